The fraction of sp³-hybridized carbons (Fsp3) is 0.364. The Hall–Kier alpha value is -2.03. The standard InChI is InChI=1S/C22H25BrO6S/c1-3-5-16-18(8-7-15(13(2)24)21(16)26)29-10-4-11-30-19-9-6-14(12-17(19)23)20(25)22(27)28/h6-9,12,20,25-26H,3-5,10-11H2,1-2H3,(H,27,28). The first kappa shape index (κ1) is 24.2. The Labute approximate surface area is 188 Å². The molecule has 3 N–H and O–H groups in total. The second-order valence-electron chi connectivity index (χ2n) is 6.73. The molecule has 0 fully saturated rings. The fourth-order valence-electron chi connectivity index (χ4n) is 2.90. The van der Waals surface area contributed by atoms with Crippen LogP contribution in [0.2, 0.25) is 0 Å². The number of halogens is 1. The van der Waals surface area contributed by atoms with Crippen LogP contribution in [0.25, 0.3) is 0 Å². The van der Waals surface area contributed by atoms with Crippen molar-refractivity contribution in [3.8, 4) is 11.5 Å². The Morgan fingerprint density at radius 1 is 1.23 bits per heavy atom. The van der Waals surface area contributed by atoms with E-state index in [1.54, 1.807) is 42.1 Å². The number of Topliss-reactive ketones (excluding diaryl/α,β-unsaturated/α-hetero) is 1. The number of aliphatic carboxylic acids is 1. The molecule has 0 aromatic heterocycles. The minimum atomic E-state index is -1.54. The van der Waals surface area contributed by atoms with Crippen LogP contribution in [0, 0.1) is 0 Å². The summed E-state index contributed by atoms with van der Waals surface area (Å²) >= 11 is 5.00. The summed E-state index contributed by atoms with van der Waals surface area (Å²) in [5.41, 5.74) is 1.29. The van der Waals surface area contributed by atoms with Crippen LogP contribution in [-0.4, -0.2) is 39.4 Å². The lowest BCUT2D eigenvalue weighted by Crippen LogP contribution is -2.10. The van der Waals surface area contributed by atoms with Crippen LogP contribution in [-0.2, 0) is 11.2 Å². The number of benzene rings is 2. The van der Waals surface area contributed by atoms with Crippen molar-refractivity contribution in [1.29, 1.82) is 0 Å². The Bertz CT molecular complexity index is 915. The van der Waals surface area contributed by atoms with E-state index in [0.717, 1.165) is 28.0 Å². The monoisotopic (exact) mass is 496 g/mol. The smallest absolute Gasteiger partial charge is 0.337 e. The first-order valence-electron chi connectivity index (χ1n) is 9.57. The average molecular weight is 497 g/mol. The highest BCUT2D eigenvalue weighted by molar-refractivity contribution is 9.10. The number of hydrogen-bond donors (Lipinski definition) is 3. The van der Waals surface area contributed by atoms with Gasteiger partial charge in [0.15, 0.2) is 11.9 Å². The van der Waals surface area contributed by atoms with E-state index in [9.17, 15) is 19.8 Å². The van der Waals surface area contributed by atoms with Crippen LogP contribution in [0.3, 0.4) is 0 Å². The van der Waals surface area contributed by atoms with E-state index < -0.39 is 12.1 Å². The van der Waals surface area contributed by atoms with Gasteiger partial charge < -0.3 is 20.1 Å². The molecule has 1 unspecified atom stereocenters. The van der Waals surface area contributed by atoms with E-state index in [1.807, 2.05) is 6.92 Å². The van der Waals surface area contributed by atoms with E-state index in [0.29, 0.717) is 35.5 Å². The van der Waals surface area contributed by atoms with Crippen molar-refractivity contribution in [2.45, 2.75) is 44.1 Å². The van der Waals surface area contributed by atoms with Gasteiger partial charge in [0, 0.05) is 20.7 Å². The molecule has 0 spiro atoms. The second-order valence-corrected chi connectivity index (χ2v) is 8.72. The molecular formula is C22H25BrO6S. The predicted octanol–water partition coefficient (Wildman–Crippen LogP) is 4.99. The van der Waals surface area contributed by atoms with Crippen molar-refractivity contribution in [2.24, 2.45) is 0 Å². The minimum absolute atomic E-state index is 0.00351. The molecule has 0 aliphatic carbocycles. The number of phenolic OH excluding ortho intramolecular Hbond substituents is 1. The number of ketones is 1. The molecule has 2 aromatic rings. The van der Waals surface area contributed by atoms with Gasteiger partial charge in [-0.25, -0.2) is 4.79 Å². The van der Waals surface area contributed by atoms with Gasteiger partial charge in [-0.1, -0.05) is 19.4 Å². The molecule has 30 heavy (non-hydrogen) atoms. The Morgan fingerprint density at radius 2 is 1.97 bits per heavy atom. The molecular weight excluding hydrogens is 472 g/mol. The van der Waals surface area contributed by atoms with Crippen molar-refractivity contribution < 1.29 is 29.6 Å². The van der Waals surface area contributed by atoms with Crippen molar-refractivity contribution >= 4 is 39.4 Å². The van der Waals surface area contributed by atoms with Gasteiger partial charge in [0.1, 0.15) is 11.5 Å². The highest BCUT2D eigenvalue weighted by Crippen LogP contribution is 2.34. The summed E-state index contributed by atoms with van der Waals surface area (Å²) in [7, 11) is 0. The van der Waals surface area contributed by atoms with Crippen LogP contribution < -0.4 is 4.74 Å². The zero-order valence-electron chi connectivity index (χ0n) is 16.9. The molecule has 0 saturated carbocycles. The summed E-state index contributed by atoms with van der Waals surface area (Å²) in [5.74, 6) is -0.106. The van der Waals surface area contributed by atoms with E-state index in [-0.39, 0.29) is 11.5 Å². The van der Waals surface area contributed by atoms with Gasteiger partial charge in [0.25, 0.3) is 0 Å². The number of aliphatic hydroxyl groups is 1. The maximum atomic E-state index is 11.6. The first-order chi connectivity index (χ1) is 14.3. The average Bonchev–Trinajstić information content (AvgIpc) is 2.70. The van der Waals surface area contributed by atoms with Crippen molar-refractivity contribution in [1.82, 2.24) is 0 Å². The lowest BCUT2D eigenvalue weighted by molar-refractivity contribution is -0.146. The van der Waals surface area contributed by atoms with Crippen molar-refractivity contribution in [3.05, 3.63) is 51.5 Å². The van der Waals surface area contributed by atoms with Crippen molar-refractivity contribution in [2.75, 3.05) is 12.4 Å². The molecule has 2 aromatic carbocycles. The molecule has 2 rings (SSSR count). The summed E-state index contributed by atoms with van der Waals surface area (Å²) in [6.45, 7) is 3.88. The lowest BCUT2D eigenvalue weighted by Gasteiger charge is -2.15. The number of rotatable bonds is 11. The van der Waals surface area contributed by atoms with Crippen LogP contribution in [0.1, 0.15) is 54.3 Å². The van der Waals surface area contributed by atoms with Gasteiger partial charge in [-0.05, 0) is 65.5 Å². The molecule has 162 valence electrons. The number of aliphatic hydroxyl groups excluding tert-OH is 1. The number of carbonyl (C=O) groups is 2. The van der Waals surface area contributed by atoms with E-state index in [2.05, 4.69) is 15.9 Å². The number of phenols is 1. The molecule has 0 radical (unpaired) electrons. The predicted molar refractivity (Wildman–Crippen MR) is 120 cm³/mol. The minimum Gasteiger partial charge on any atom is -0.507 e. The van der Waals surface area contributed by atoms with Crippen LogP contribution >= 0.6 is 27.7 Å². The number of ether oxygens (including phenoxy) is 1. The number of hydrogen-bond acceptors (Lipinski definition) is 6. The fourth-order valence-corrected chi connectivity index (χ4v) is 4.48. The Balaban J connectivity index is 1.92. The first-order valence-corrected chi connectivity index (χ1v) is 11.4. The van der Waals surface area contributed by atoms with Crippen LogP contribution in [0.4, 0.5) is 0 Å². The molecule has 0 saturated heterocycles. The summed E-state index contributed by atoms with van der Waals surface area (Å²) in [6.07, 6.45) is 0.648. The van der Waals surface area contributed by atoms with Gasteiger partial charge >= 0.3 is 5.97 Å². The third kappa shape index (κ3) is 6.23. The molecule has 0 aliphatic rings. The summed E-state index contributed by atoms with van der Waals surface area (Å²) in [6, 6.07) is 8.30. The largest absolute Gasteiger partial charge is 0.507 e. The maximum Gasteiger partial charge on any atom is 0.337 e. The summed E-state index contributed by atoms with van der Waals surface area (Å²) in [5, 5.41) is 28.9. The molecule has 6 nitrogen and oxygen atoms in total. The molecule has 0 bridgehead atoms. The number of thioether (sulfide) groups is 1. The highest BCUT2D eigenvalue weighted by Gasteiger charge is 2.17. The topological polar surface area (TPSA) is 104 Å². The van der Waals surface area contributed by atoms with Gasteiger partial charge in [-0.3, -0.25) is 4.79 Å². The SMILES string of the molecule is CCCc1c(OCCCSc2ccc(C(O)C(=O)O)cc2Br)ccc(C(C)=O)c1O. The molecule has 0 aliphatic heterocycles. The van der Waals surface area contributed by atoms with E-state index in [1.165, 1.54) is 6.92 Å². The molecule has 0 heterocycles. The van der Waals surface area contributed by atoms with Crippen LogP contribution in [0.5, 0.6) is 11.5 Å². The lowest BCUT2D eigenvalue weighted by atomic mass is 10.0. The van der Waals surface area contributed by atoms with E-state index in [4.69, 9.17) is 9.84 Å². The summed E-state index contributed by atoms with van der Waals surface area (Å²) in [4.78, 5) is 23.5. The highest BCUT2D eigenvalue weighted by atomic mass is 79.9. The second kappa shape index (κ2) is 11.4. The van der Waals surface area contributed by atoms with E-state index >= 15 is 0 Å². The number of carboxylic acid groups (broad SMARTS) is 1. The maximum absolute atomic E-state index is 11.6. The number of carboxylic acids is 1. The summed E-state index contributed by atoms with van der Waals surface area (Å²) < 4.78 is 6.58. The zero-order valence-corrected chi connectivity index (χ0v) is 19.3. The molecule has 0 amide bonds. The van der Waals surface area contributed by atoms with Gasteiger partial charge in [0.05, 0.1) is 12.2 Å². The van der Waals surface area contributed by atoms with Gasteiger partial charge in [-0.2, -0.15) is 0 Å². The van der Waals surface area contributed by atoms with Gasteiger partial charge in [-0.15, -0.1) is 11.8 Å². The zero-order chi connectivity index (χ0) is 22.3. The normalized spacial score (nSPS) is 11.9. The molecule has 1 atom stereocenters. The quantitative estimate of drug-likeness (QED) is 0.228. The third-order valence-corrected chi connectivity index (χ3v) is 6.51. The third-order valence-electron chi connectivity index (χ3n) is 4.43. The Morgan fingerprint density at radius 3 is 2.57 bits per heavy atom. The van der Waals surface area contributed by atoms with Crippen LogP contribution in [0.15, 0.2) is 39.7 Å². The Kier molecular flexibility index (Phi) is 9.20. The van der Waals surface area contributed by atoms with Gasteiger partial charge in [0.2, 0.25) is 0 Å². The van der Waals surface area contributed by atoms with Crippen molar-refractivity contribution in [3.63, 3.8) is 0 Å². The molecule has 8 heteroatoms. The number of aromatic hydroxyl groups is 1. The number of carbonyl (C=O) groups excluding carboxylic acids is 1.